The van der Waals surface area contributed by atoms with Gasteiger partial charge in [0.05, 0.1) is 0 Å². The Labute approximate surface area is 83.9 Å². The van der Waals surface area contributed by atoms with Crippen LogP contribution in [0.5, 0.6) is 0 Å². The molecule has 0 aliphatic carbocycles. The van der Waals surface area contributed by atoms with Gasteiger partial charge in [-0.05, 0) is 19.1 Å². The monoisotopic (exact) mass is 186 g/mol. The molecule has 2 aromatic rings. The Balaban J connectivity index is 2.78. The van der Waals surface area contributed by atoms with Crippen LogP contribution in [0.3, 0.4) is 0 Å². The standard InChI is InChI=1S/C12H14N2/c1-9(13-2)10-5-4-6-12-11(10)7-8-14(12)3/h4-8H,1-3H3. The van der Waals surface area contributed by atoms with Crippen molar-refractivity contribution in [2.75, 3.05) is 7.05 Å². The zero-order chi connectivity index (χ0) is 10.1. The molecule has 14 heavy (non-hydrogen) atoms. The summed E-state index contributed by atoms with van der Waals surface area (Å²) >= 11 is 0. The third kappa shape index (κ3) is 1.23. The molecule has 0 saturated carbocycles. The highest BCUT2D eigenvalue weighted by Crippen LogP contribution is 2.19. The van der Waals surface area contributed by atoms with Crippen molar-refractivity contribution in [3.05, 3.63) is 36.0 Å². The molecule has 2 heteroatoms. The molecule has 1 aromatic carbocycles. The molecule has 0 unspecified atom stereocenters. The first kappa shape index (κ1) is 9.00. The summed E-state index contributed by atoms with van der Waals surface area (Å²) in [5, 5.41) is 1.28. The van der Waals surface area contributed by atoms with Crippen molar-refractivity contribution in [1.82, 2.24) is 4.57 Å². The third-order valence-corrected chi connectivity index (χ3v) is 2.65. The first-order chi connectivity index (χ1) is 6.74. The maximum absolute atomic E-state index is 4.23. The summed E-state index contributed by atoms with van der Waals surface area (Å²) < 4.78 is 2.13. The number of rotatable bonds is 1. The van der Waals surface area contributed by atoms with Gasteiger partial charge in [0, 0.05) is 42.5 Å². The van der Waals surface area contributed by atoms with Crippen LogP contribution >= 0.6 is 0 Å². The Kier molecular flexibility index (Phi) is 2.12. The lowest BCUT2D eigenvalue weighted by molar-refractivity contribution is 0.969. The molecule has 0 bridgehead atoms. The van der Waals surface area contributed by atoms with E-state index in [-0.39, 0.29) is 0 Å². The minimum Gasteiger partial charge on any atom is -0.351 e. The lowest BCUT2D eigenvalue weighted by Crippen LogP contribution is -1.95. The molecule has 0 aliphatic heterocycles. The second-order valence-electron chi connectivity index (χ2n) is 3.47. The van der Waals surface area contributed by atoms with Crippen molar-refractivity contribution in [2.24, 2.45) is 12.0 Å². The van der Waals surface area contributed by atoms with Gasteiger partial charge in [-0.15, -0.1) is 0 Å². The third-order valence-electron chi connectivity index (χ3n) is 2.65. The molecule has 0 atom stereocenters. The summed E-state index contributed by atoms with van der Waals surface area (Å²) in [5.41, 5.74) is 3.57. The molecule has 2 nitrogen and oxygen atoms in total. The second kappa shape index (κ2) is 3.29. The molecule has 0 spiro atoms. The fourth-order valence-corrected chi connectivity index (χ4v) is 1.74. The summed E-state index contributed by atoms with van der Waals surface area (Å²) in [7, 11) is 3.89. The first-order valence-corrected chi connectivity index (χ1v) is 4.72. The summed E-state index contributed by atoms with van der Waals surface area (Å²) in [4.78, 5) is 4.23. The second-order valence-corrected chi connectivity index (χ2v) is 3.47. The van der Waals surface area contributed by atoms with Gasteiger partial charge >= 0.3 is 0 Å². The molecule has 0 aliphatic rings. The Morgan fingerprint density at radius 3 is 2.79 bits per heavy atom. The van der Waals surface area contributed by atoms with E-state index in [1.807, 2.05) is 14.0 Å². The Hall–Kier alpha value is -1.57. The van der Waals surface area contributed by atoms with Gasteiger partial charge < -0.3 is 4.57 Å². The van der Waals surface area contributed by atoms with Gasteiger partial charge in [0.15, 0.2) is 0 Å². The van der Waals surface area contributed by atoms with Crippen LogP contribution in [0.1, 0.15) is 12.5 Å². The fourth-order valence-electron chi connectivity index (χ4n) is 1.74. The minimum absolute atomic E-state index is 1.08. The molecule has 0 saturated heterocycles. The van der Waals surface area contributed by atoms with Crippen LogP contribution in [-0.2, 0) is 7.05 Å². The van der Waals surface area contributed by atoms with Gasteiger partial charge in [0.25, 0.3) is 0 Å². The lowest BCUT2D eigenvalue weighted by Gasteiger charge is -2.02. The number of hydrogen-bond acceptors (Lipinski definition) is 1. The van der Waals surface area contributed by atoms with E-state index in [1.165, 1.54) is 16.5 Å². The number of benzene rings is 1. The zero-order valence-corrected chi connectivity index (χ0v) is 8.78. The van der Waals surface area contributed by atoms with Gasteiger partial charge in [-0.3, -0.25) is 4.99 Å². The summed E-state index contributed by atoms with van der Waals surface area (Å²) in [6, 6.07) is 8.46. The van der Waals surface area contributed by atoms with Gasteiger partial charge in [-0.25, -0.2) is 0 Å². The van der Waals surface area contributed by atoms with E-state index in [0.29, 0.717) is 0 Å². The van der Waals surface area contributed by atoms with Crippen molar-refractivity contribution in [3.63, 3.8) is 0 Å². The SMILES string of the molecule is CN=C(C)c1cccc2c1ccn2C. The van der Waals surface area contributed by atoms with E-state index in [9.17, 15) is 0 Å². The van der Waals surface area contributed by atoms with Crippen LogP contribution in [0.4, 0.5) is 0 Å². The highest BCUT2D eigenvalue weighted by atomic mass is 14.9. The lowest BCUT2D eigenvalue weighted by atomic mass is 10.1. The van der Waals surface area contributed by atoms with Crippen LogP contribution in [0.15, 0.2) is 35.5 Å². The number of fused-ring (bicyclic) bond motifs is 1. The molecule has 0 radical (unpaired) electrons. The van der Waals surface area contributed by atoms with Gasteiger partial charge in [-0.2, -0.15) is 0 Å². The molecular weight excluding hydrogens is 172 g/mol. The number of aliphatic imine (C=N–C) groups is 1. The molecule has 0 N–H and O–H groups in total. The smallest absolute Gasteiger partial charge is 0.0484 e. The van der Waals surface area contributed by atoms with E-state index in [4.69, 9.17) is 0 Å². The quantitative estimate of drug-likeness (QED) is 0.609. The maximum Gasteiger partial charge on any atom is 0.0484 e. The molecule has 1 heterocycles. The van der Waals surface area contributed by atoms with E-state index < -0.39 is 0 Å². The predicted molar refractivity (Wildman–Crippen MR) is 61.1 cm³/mol. The largest absolute Gasteiger partial charge is 0.351 e. The number of nitrogens with zero attached hydrogens (tertiary/aromatic N) is 2. The first-order valence-electron chi connectivity index (χ1n) is 4.72. The minimum atomic E-state index is 1.08. The van der Waals surface area contributed by atoms with E-state index in [0.717, 1.165) is 5.71 Å². The highest BCUT2D eigenvalue weighted by Gasteiger charge is 2.04. The van der Waals surface area contributed by atoms with Crippen LogP contribution in [-0.4, -0.2) is 17.3 Å². The average molecular weight is 186 g/mol. The zero-order valence-electron chi connectivity index (χ0n) is 8.78. The van der Waals surface area contributed by atoms with Crippen molar-refractivity contribution < 1.29 is 0 Å². The Morgan fingerprint density at radius 1 is 1.29 bits per heavy atom. The molecule has 2 rings (SSSR count). The molecule has 0 fully saturated rings. The fraction of sp³-hybridized carbons (Fsp3) is 0.250. The van der Waals surface area contributed by atoms with Crippen LogP contribution in [0.25, 0.3) is 10.9 Å². The van der Waals surface area contributed by atoms with E-state index in [2.05, 4.69) is 47.1 Å². The average Bonchev–Trinajstić information content (AvgIpc) is 2.59. The summed E-state index contributed by atoms with van der Waals surface area (Å²) in [6.45, 7) is 2.04. The molecule has 72 valence electrons. The predicted octanol–water partition coefficient (Wildman–Crippen LogP) is 2.62. The summed E-state index contributed by atoms with van der Waals surface area (Å²) in [6.07, 6.45) is 2.08. The van der Waals surface area contributed by atoms with Gasteiger partial charge in [0.2, 0.25) is 0 Å². The van der Waals surface area contributed by atoms with Crippen molar-refractivity contribution in [2.45, 2.75) is 6.92 Å². The molecular formula is C12H14N2. The van der Waals surface area contributed by atoms with Crippen LogP contribution < -0.4 is 0 Å². The van der Waals surface area contributed by atoms with Crippen molar-refractivity contribution >= 4 is 16.6 Å². The van der Waals surface area contributed by atoms with E-state index >= 15 is 0 Å². The molecule has 0 amide bonds. The number of hydrogen-bond donors (Lipinski definition) is 0. The van der Waals surface area contributed by atoms with Gasteiger partial charge in [0.1, 0.15) is 0 Å². The normalized spacial score (nSPS) is 12.4. The topological polar surface area (TPSA) is 17.3 Å². The highest BCUT2D eigenvalue weighted by molar-refractivity contribution is 6.09. The number of aromatic nitrogens is 1. The van der Waals surface area contributed by atoms with E-state index in [1.54, 1.807) is 0 Å². The van der Waals surface area contributed by atoms with Crippen molar-refractivity contribution in [3.8, 4) is 0 Å². The Bertz CT molecular complexity index is 492. The molecule has 1 aromatic heterocycles. The number of aryl methyl sites for hydroxylation is 1. The van der Waals surface area contributed by atoms with Crippen LogP contribution in [0, 0.1) is 0 Å². The van der Waals surface area contributed by atoms with Gasteiger partial charge in [-0.1, -0.05) is 12.1 Å². The summed E-state index contributed by atoms with van der Waals surface area (Å²) in [5.74, 6) is 0. The Morgan fingerprint density at radius 2 is 2.07 bits per heavy atom. The van der Waals surface area contributed by atoms with Crippen molar-refractivity contribution in [1.29, 1.82) is 0 Å². The van der Waals surface area contributed by atoms with Crippen LogP contribution in [0.2, 0.25) is 0 Å². The maximum atomic E-state index is 4.23.